The van der Waals surface area contributed by atoms with E-state index in [0.29, 0.717) is 12.2 Å². The van der Waals surface area contributed by atoms with E-state index in [9.17, 15) is 58.8 Å². The maximum Gasteiger partial charge on any atom is 0.407 e. The number of phenols is 1. The van der Waals surface area contributed by atoms with Gasteiger partial charge in [-0.3, -0.25) is 33.6 Å². The van der Waals surface area contributed by atoms with Crippen molar-refractivity contribution in [3.8, 4) is 33.8 Å². The fourth-order valence-electron chi connectivity index (χ4n) is 10.5. The van der Waals surface area contributed by atoms with Gasteiger partial charge in [0, 0.05) is 31.6 Å². The molecule has 4 aromatic rings. The smallest absolute Gasteiger partial charge is 0.407 e. The Balaban J connectivity index is 1.15. The van der Waals surface area contributed by atoms with E-state index in [0.717, 1.165) is 57.1 Å². The number of carbonyl (C=O) groups excluding carboxylic acids is 8. The zero-order valence-corrected chi connectivity index (χ0v) is 48.5. The molecule has 0 radical (unpaired) electrons. The third kappa shape index (κ3) is 17.3. The predicted octanol–water partition coefficient (Wildman–Crippen LogP) is 3.61. The molecule has 84 heavy (non-hydrogen) atoms. The van der Waals surface area contributed by atoms with Crippen LogP contribution in [0.15, 0.2) is 97.1 Å². The molecule has 10 atom stereocenters. The fourth-order valence-corrected chi connectivity index (χ4v) is 10.5. The molecule has 8 amide bonds. The normalized spacial score (nSPS) is 23.8. The number of ether oxygens (including phenoxy) is 2. The van der Waals surface area contributed by atoms with Crippen LogP contribution in [0.1, 0.15) is 109 Å². The van der Waals surface area contributed by atoms with Crippen molar-refractivity contribution >= 4 is 47.4 Å². The van der Waals surface area contributed by atoms with E-state index in [2.05, 4.69) is 38.8 Å². The summed E-state index contributed by atoms with van der Waals surface area (Å²) in [5.41, 5.74) is 3.64. The Labute approximate surface area is 489 Å². The summed E-state index contributed by atoms with van der Waals surface area (Å²) in [4.78, 5) is 116. The lowest BCUT2D eigenvalue weighted by Crippen LogP contribution is -2.61. The van der Waals surface area contributed by atoms with Gasteiger partial charge >= 0.3 is 6.09 Å². The monoisotopic (exact) mass is 1160 g/mol. The number of aryl methyl sites for hydroxylation is 1. The lowest BCUT2D eigenvalue weighted by atomic mass is 9.99. The number of aliphatic hydroxyl groups excluding tert-OH is 3. The fraction of sp³-hybridized carbons (Fsp3) is 0.484. The lowest BCUT2D eigenvalue weighted by molar-refractivity contribution is -0.145. The largest absolute Gasteiger partial charge is 0.508 e. The number of phenolic OH excluding ortho intramolecular Hbond substituents is 1. The molecule has 22 nitrogen and oxygen atoms in total. The summed E-state index contributed by atoms with van der Waals surface area (Å²) in [6, 6.07) is 18.8. The summed E-state index contributed by atoms with van der Waals surface area (Å²) in [5.74, 6) is -5.14. The van der Waals surface area contributed by atoms with Gasteiger partial charge in [0.25, 0.3) is 5.91 Å². The molecule has 0 aliphatic carbocycles. The van der Waals surface area contributed by atoms with Crippen molar-refractivity contribution in [3.05, 3.63) is 108 Å². The van der Waals surface area contributed by atoms with Gasteiger partial charge in [0.15, 0.2) is 0 Å². The van der Waals surface area contributed by atoms with Crippen molar-refractivity contribution in [2.24, 2.45) is 0 Å². The summed E-state index contributed by atoms with van der Waals surface area (Å²) < 4.78 is 11.3. The molecule has 0 spiro atoms. The third-order valence-corrected chi connectivity index (χ3v) is 15.0. The SMILES string of the molecule is CCCCCOc1ccc(-c2ccc(-c3ccc(C(=O)NC4CCCNC(=O)C5C[C@H](NC(=O)OC(C)(C)C)CN5C(=O)C([C@@H](C)O)NC(=O)C(CCc5ccc(O)cc5)NC(=O)C5C[C@@H](O)CN5C(=O)C([C@@H](C)O)NC4=O)cc3)cc2)cc1. The number of carbonyl (C=O) groups is 8. The number of nitrogens with zero attached hydrogens (tertiary/aromatic N) is 2. The first kappa shape index (κ1) is 63.5. The van der Waals surface area contributed by atoms with Crippen LogP contribution in [-0.2, 0) is 39.9 Å². The summed E-state index contributed by atoms with van der Waals surface area (Å²) in [6.45, 7) is 9.54. The minimum absolute atomic E-state index is 0.0164. The van der Waals surface area contributed by atoms with Crippen molar-refractivity contribution in [2.75, 3.05) is 26.2 Å². The number of aliphatic hydroxyl groups is 3. The van der Waals surface area contributed by atoms with Crippen molar-refractivity contribution < 1.29 is 68.3 Å². The highest BCUT2D eigenvalue weighted by molar-refractivity contribution is 6.00. The molecule has 3 heterocycles. The van der Waals surface area contributed by atoms with Crippen molar-refractivity contribution in [3.63, 3.8) is 0 Å². The standard InChI is InChI=1S/C62H80N8O14/c1-7-8-9-31-83-47-27-23-42(24-28-47)40-17-15-39(16-18-40)41-19-21-43(22-20-41)54(75)65-48-11-10-30-63-57(78)50-32-44(64-61(82)84-62(4,5)6)34-69(50)59(80)52(36(2)71)68-56(77)49(29-14-38-12-25-45(73)26-13-38)66-58(79)51-33-46(74)35-70(51)60(81)53(37(3)72)67-55(48)76/h12-13,15-28,36-37,44,46,48-53,71-74H,7-11,14,29-35H2,1-6H3,(H,63,78)(H,64,82)(H,65,75)(H,66,79)(H,67,76)(H,68,77)/t36-,37-,44+,46-,48?,49?,50?,51?,52?,53?/m1/s1. The number of fused-ring (bicyclic) bond motifs is 2. The van der Waals surface area contributed by atoms with Gasteiger partial charge in [-0.25, -0.2) is 4.79 Å². The number of hydrogen-bond acceptors (Lipinski definition) is 14. The van der Waals surface area contributed by atoms with Gasteiger partial charge in [-0.05, 0) is 137 Å². The number of benzene rings is 4. The number of nitrogens with one attached hydrogen (secondary N) is 6. The van der Waals surface area contributed by atoms with E-state index in [1.165, 1.54) is 26.0 Å². The average molecular weight is 1160 g/mol. The number of aromatic hydroxyl groups is 1. The first-order chi connectivity index (χ1) is 40.0. The average Bonchev–Trinajstić information content (AvgIpc) is 4.31. The Bertz CT molecular complexity index is 2930. The Hall–Kier alpha value is -8.08. The van der Waals surface area contributed by atoms with E-state index in [1.54, 1.807) is 57.2 Å². The van der Waals surface area contributed by atoms with Crippen molar-refractivity contribution in [1.82, 2.24) is 41.7 Å². The molecule has 4 aromatic carbocycles. The van der Waals surface area contributed by atoms with Crippen LogP contribution in [-0.4, -0.2) is 170 Å². The molecule has 0 aromatic heterocycles. The quantitative estimate of drug-likeness (QED) is 0.0761. The molecule has 7 rings (SSSR count). The highest BCUT2D eigenvalue weighted by atomic mass is 16.6. The maximum atomic E-state index is 14.7. The molecule has 3 fully saturated rings. The van der Waals surface area contributed by atoms with Crippen LogP contribution in [0.3, 0.4) is 0 Å². The van der Waals surface area contributed by atoms with Crippen molar-refractivity contribution in [1.29, 1.82) is 0 Å². The summed E-state index contributed by atoms with van der Waals surface area (Å²) in [7, 11) is 0. The van der Waals surface area contributed by atoms with Gasteiger partial charge in [0.1, 0.15) is 53.4 Å². The van der Waals surface area contributed by atoms with Gasteiger partial charge < -0.3 is 71.6 Å². The van der Waals surface area contributed by atoms with E-state index in [1.807, 2.05) is 48.5 Å². The summed E-state index contributed by atoms with van der Waals surface area (Å²) in [5, 5.41) is 59.1. The van der Waals surface area contributed by atoms with Gasteiger partial charge in [-0.2, -0.15) is 0 Å². The minimum Gasteiger partial charge on any atom is -0.508 e. The van der Waals surface area contributed by atoms with E-state index < -0.39 is 120 Å². The molecule has 3 aliphatic heterocycles. The Kier molecular flexibility index (Phi) is 21.9. The van der Waals surface area contributed by atoms with Crippen LogP contribution >= 0.6 is 0 Å². The second kappa shape index (κ2) is 28.9. The second-order valence-corrected chi connectivity index (χ2v) is 22.9. The van der Waals surface area contributed by atoms with Crippen LogP contribution < -0.4 is 36.6 Å². The van der Waals surface area contributed by atoms with Crippen LogP contribution in [0.5, 0.6) is 11.5 Å². The van der Waals surface area contributed by atoms with Gasteiger partial charge in [0.05, 0.1) is 31.0 Å². The van der Waals surface area contributed by atoms with Gasteiger partial charge in [-0.1, -0.05) is 80.4 Å². The van der Waals surface area contributed by atoms with Gasteiger partial charge in [-0.15, -0.1) is 0 Å². The van der Waals surface area contributed by atoms with Crippen LogP contribution in [0.2, 0.25) is 0 Å². The van der Waals surface area contributed by atoms with E-state index >= 15 is 0 Å². The minimum atomic E-state index is -1.72. The Morgan fingerprint density at radius 2 is 1.23 bits per heavy atom. The summed E-state index contributed by atoms with van der Waals surface area (Å²) in [6.07, 6.45) is -2.50. The molecule has 452 valence electrons. The molecular formula is C62H80N8O14. The molecule has 3 saturated heterocycles. The van der Waals surface area contributed by atoms with Crippen molar-refractivity contribution in [2.45, 2.75) is 166 Å². The number of rotatable bonds is 15. The zero-order valence-electron chi connectivity index (χ0n) is 48.5. The highest BCUT2D eigenvalue weighted by Crippen LogP contribution is 2.28. The summed E-state index contributed by atoms with van der Waals surface area (Å²) >= 11 is 0. The molecule has 0 bridgehead atoms. The van der Waals surface area contributed by atoms with E-state index in [4.69, 9.17) is 9.47 Å². The second-order valence-electron chi connectivity index (χ2n) is 22.9. The number of alkyl carbamates (subject to hydrolysis) is 1. The van der Waals surface area contributed by atoms with E-state index in [-0.39, 0.29) is 62.9 Å². The predicted molar refractivity (Wildman–Crippen MR) is 311 cm³/mol. The molecule has 6 unspecified atom stereocenters. The highest BCUT2D eigenvalue weighted by Gasteiger charge is 2.46. The molecule has 22 heteroatoms. The number of amides is 8. The molecule has 0 saturated carbocycles. The molecule has 10 N–H and O–H groups in total. The van der Waals surface area contributed by atoms with Crippen LogP contribution in [0.4, 0.5) is 4.79 Å². The molecular weight excluding hydrogens is 1080 g/mol. The Morgan fingerprint density at radius 3 is 1.80 bits per heavy atom. The number of unbranched alkanes of at least 4 members (excludes halogenated alkanes) is 2. The first-order valence-electron chi connectivity index (χ1n) is 28.8. The van der Waals surface area contributed by atoms with Gasteiger partial charge in [0.2, 0.25) is 35.4 Å². The third-order valence-electron chi connectivity index (χ3n) is 15.0. The maximum absolute atomic E-state index is 14.7. The van der Waals surface area contributed by atoms with Crippen LogP contribution in [0.25, 0.3) is 22.3 Å². The lowest BCUT2D eigenvalue weighted by Gasteiger charge is -2.32. The van der Waals surface area contributed by atoms with Crippen LogP contribution in [0, 0.1) is 0 Å². The molecule has 3 aliphatic rings. The topological polar surface area (TPSA) is 315 Å². The first-order valence-corrected chi connectivity index (χ1v) is 28.8. The zero-order chi connectivity index (χ0) is 60.8. The number of hydrogen-bond donors (Lipinski definition) is 10. The Morgan fingerprint density at radius 1 is 0.679 bits per heavy atom.